The summed E-state index contributed by atoms with van der Waals surface area (Å²) in [7, 11) is 0. The molecule has 2 bridgehead atoms. The van der Waals surface area contributed by atoms with Crippen LogP contribution in [0.5, 0.6) is 0 Å². The molecular weight excluding hydrogens is 266 g/mol. The first-order valence-electron chi connectivity index (χ1n) is 8.44. The fourth-order valence-electron chi connectivity index (χ4n) is 3.88. The summed E-state index contributed by atoms with van der Waals surface area (Å²) in [5.74, 6) is 1.68. The van der Waals surface area contributed by atoms with Gasteiger partial charge < -0.3 is 4.90 Å². The topological polar surface area (TPSA) is 3.24 Å². The third kappa shape index (κ3) is 2.86. The molecule has 112 valence electrons. The van der Waals surface area contributed by atoms with Gasteiger partial charge in [0, 0.05) is 6.54 Å². The lowest BCUT2D eigenvalue weighted by molar-refractivity contribution is 0.0740. The molecule has 1 nitrogen and oxygen atoms in total. The molecule has 0 N–H and O–H groups in total. The molecule has 0 aromatic heterocycles. The van der Waals surface area contributed by atoms with Gasteiger partial charge in [-0.1, -0.05) is 66.7 Å². The van der Waals surface area contributed by atoms with Gasteiger partial charge in [0.2, 0.25) is 0 Å². The van der Waals surface area contributed by atoms with Crippen LogP contribution in [0.4, 0.5) is 0 Å². The van der Waals surface area contributed by atoms with E-state index in [-0.39, 0.29) is 0 Å². The fraction of sp³-hybridized carbons (Fsp3) is 0.333. The minimum absolute atomic E-state index is 0.760. The van der Waals surface area contributed by atoms with E-state index >= 15 is 0 Å². The van der Waals surface area contributed by atoms with Crippen molar-refractivity contribution >= 4 is 6.08 Å². The normalized spacial score (nSPS) is 27.4. The Morgan fingerprint density at radius 2 is 1.50 bits per heavy atom. The summed E-state index contributed by atoms with van der Waals surface area (Å²) in [6.45, 7) is 3.91. The van der Waals surface area contributed by atoms with Gasteiger partial charge in [-0.2, -0.15) is 0 Å². The average Bonchev–Trinajstić information content (AvgIpc) is 2.62. The molecule has 2 aromatic carbocycles. The van der Waals surface area contributed by atoms with Crippen molar-refractivity contribution in [2.45, 2.75) is 12.8 Å². The third-order valence-corrected chi connectivity index (χ3v) is 5.26. The maximum absolute atomic E-state index is 2.62. The highest BCUT2D eigenvalue weighted by molar-refractivity contribution is 5.65. The van der Waals surface area contributed by atoms with Crippen molar-refractivity contribution < 1.29 is 0 Å². The average molecular weight is 289 g/mol. The van der Waals surface area contributed by atoms with Crippen LogP contribution in [0.25, 0.3) is 17.2 Å². The lowest BCUT2D eigenvalue weighted by atomic mass is 9.79. The Morgan fingerprint density at radius 3 is 2.14 bits per heavy atom. The van der Waals surface area contributed by atoms with Crippen LogP contribution in [-0.2, 0) is 0 Å². The van der Waals surface area contributed by atoms with Gasteiger partial charge in [-0.15, -0.1) is 0 Å². The molecule has 0 saturated carbocycles. The molecule has 1 unspecified atom stereocenters. The standard InChI is InChI=1S/C21H23N/c1-2-4-18(5-3-1)19-9-6-17(7-10-19)8-11-21-16-22-14-12-20(21)13-15-22/h1-11,20-21H,12-16H2. The van der Waals surface area contributed by atoms with Crippen LogP contribution in [0.3, 0.4) is 0 Å². The molecule has 22 heavy (non-hydrogen) atoms. The Kier molecular flexibility index (Phi) is 3.82. The summed E-state index contributed by atoms with van der Waals surface area (Å²) < 4.78 is 0. The van der Waals surface area contributed by atoms with Gasteiger partial charge in [0.25, 0.3) is 0 Å². The number of hydrogen-bond donors (Lipinski definition) is 0. The van der Waals surface area contributed by atoms with Gasteiger partial charge >= 0.3 is 0 Å². The summed E-state index contributed by atoms with van der Waals surface area (Å²) in [4.78, 5) is 2.62. The summed E-state index contributed by atoms with van der Waals surface area (Å²) in [6.07, 6.45) is 7.55. The number of hydrogen-bond acceptors (Lipinski definition) is 1. The molecule has 5 rings (SSSR count). The predicted octanol–water partition coefficient (Wildman–Crippen LogP) is 4.71. The van der Waals surface area contributed by atoms with Crippen LogP contribution in [0.15, 0.2) is 60.7 Å². The number of fused-ring (bicyclic) bond motifs is 3. The fourth-order valence-corrected chi connectivity index (χ4v) is 3.88. The quantitative estimate of drug-likeness (QED) is 0.791. The van der Waals surface area contributed by atoms with Crippen molar-refractivity contribution in [1.82, 2.24) is 4.90 Å². The second-order valence-electron chi connectivity index (χ2n) is 6.65. The molecule has 0 amide bonds. The van der Waals surface area contributed by atoms with E-state index in [4.69, 9.17) is 0 Å². The van der Waals surface area contributed by atoms with E-state index in [2.05, 4.69) is 71.6 Å². The van der Waals surface area contributed by atoms with Crippen molar-refractivity contribution in [3.63, 3.8) is 0 Å². The van der Waals surface area contributed by atoms with Crippen molar-refractivity contribution in [3.05, 3.63) is 66.2 Å². The van der Waals surface area contributed by atoms with E-state index in [1.54, 1.807) is 0 Å². The molecule has 0 aliphatic carbocycles. The number of nitrogens with zero attached hydrogens (tertiary/aromatic N) is 1. The number of rotatable bonds is 3. The smallest absolute Gasteiger partial charge is 0.00471 e. The summed E-state index contributed by atoms with van der Waals surface area (Å²) >= 11 is 0. The van der Waals surface area contributed by atoms with Crippen LogP contribution < -0.4 is 0 Å². The van der Waals surface area contributed by atoms with Crippen LogP contribution >= 0.6 is 0 Å². The van der Waals surface area contributed by atoms with Crippen LogP contribution in [0, 0.1) is 11.8 Å². The van der Waals surface area contributed by atoms with E-state index in [0.717, 1.165) is 11.8 Å². The minimum Gasteiger partial charge on any atom is -0.303 e. The molecule has 3 fully saturated rings. The molecule has 1 atom stereocenters. The van der Waals surface area contributed by atoms with Gasteiger partial charge in [-0.3, -0.25) is 0 Å². The maximum Gasteiger partial charge on any atom is 0.00471 e. The van der Waals surface area contributed by atoms with Crippen LogP contribution in [-0.4, -0.2) is 24.5 Å². The van der Waals surface area contributed by atoms with Gasteiger partial charge in [-0.25, -0.2) is 0 Å². The zero-order valence-corrected chi connectivity index (χ0v) is 13.0. The SMILES string of the molecule is C(=CC1CN2CCC1CC2)c1ccc(-c2ccccc2)cc1. The van der Waals surface area contributed by atoms with Crippen LogP contribution in [0.2, 0.25) is 0 Å². The van der Waals surface area contributed by atoms with Crippen molar-refractivity contribution in [1.29, 1.82) is 0 Å². The second kappa shape index (κ2) is 6.10. The maximum atomic E-state index is 2.62. The molecule has 3 heterocycles. The molecule has 1 heteroatoms. The first-order chi connectivity index (χ1) is 10.9. The van der Waals surface area contributed by atoms with Crippen molar-refractivity contribution in [2.24, 2.45) is 11.8 Å². The number of piperidine rings is 3. The van der Waals surface area contributed by atoms with E-state index in [9.17, 15) is 0 Å². The van der Waals surface area contributed by atoms with E-state index in [1.165, 1.54) is 49.2 Å². The molecule has 0 radical (unpaired) electrons. The third-order valence-electron chi connectivity index (χ3n) is 5.26. The predicted molar refractivity (Wildman–Crippen MR) is 93.6 cm³/mol. The molecular formula is C21H23N. The van der Waals surface area contributed by atoms with Gasteiger partial charge in [-0.05, 0) is 54.5 Å². The lowest BCUT2D eigenvalue weighted by Gasteiger charge is -2.43. The Balaban J connectivity index is 1.46. The largest absolute Gasteiger partial charge is 0.303 e. The highest BCUT2D eigenvalue weighted by Crippen LogP contribution is 2.33. The van der Waals surface area contributed by atoms with Crippen molar-refractivity contribution in [2.75, 3.05) is 19.6 Å². The Bertz CT molecular complexity index is 633. The summed E-state index contributed by atoms with van der Waals surface area (Å²) in [5.41, 5.74) is 3.90. The summed E-state index contributed by atoms with van der Waals surface area (Å²) in [5, 5.41) is 0. The second-order valence-corrected chi connectivity index (χ2v) is 6.65. The first-order valence-corrected chi connectivity index (χ1v) is 8.44. The van der Waals surface area contributed by atoms with Crippen LogP contribution in [0.1, 0.15) is 18.4 Å². The molecule has 3 aliphatic rings. The van der Waals surface area contributed by atoms with Gasteiger partial charge in [0.15, 0.2) is 0 Å². The lowest BCUT2D eigenvalue weighted by Crippen LogP contribution is -2.46. The van der Waals surface area contributed by atoms with E-state index in [1.807, 2.05) is 0 Å². The Labute approximate surface area is 133 Å². The number of benzene rings is 2. The Morgan fingerprint density at radius 1 is 0.818 bits per heavy atom. The van der Waals surface area contributed by atoms with Crippen molar-refractivity contribution in [3.8, 4) is 11.1 Å². The summed E-state index contributed by atoms with van der Waals surface area (Å²) in [6, 6.07) is 19.5. The molecule has 0 spiro atoms. The van der Waals surface area contributed by atoms with E-state index in [0.29, 0.717) is 0 Å². The van der Waals surface area contributed by atoms with E-state index < -0.39 is 0 Å². The zero-order chi connectivity index (χ0) is 14.8. The monoisotopic (exact) mass is 289 g/mol. The highest BCUT2D eigenvalue weighted by atomic mass is 15.1. The van der Waals surface area contributed by atoms with Gasteiger partial charge in [0.1, 0.15) is 0 Å². The molecule has 3 aliphatic heterocycles. The first kappa shape index (κ1) is 13.8. The molecule has 2 aromatic rings. The van der Waals surface area contributed by atoms with Gasteiger partial charge in [0.05, 0.1) is 0 Å². The minimum atomic E-state index is 0.760. The Hall–Kier alpha value is -1.86. The zero-order valence-electron chi connectivity index (χ0n) is 13.0. The molecule has 3 saturated heterocycles. The highest BCUT2D eigenvalue weighted by Gasteiger charge is 2.32.